The van der Waals surface area contributed by atoms with Gasteiger partial charge < -0.3 is 25.0 Å². The van der Waals surface area contributed by atoms with Gasteiger partial charge in [0.1, 0.15) is 0 Å². The third kappa shape index (κ3) is 7.66. The number of halogens is 1. The van der Waals surface area contributed by atoms with E-state index in [1.807, 2.05) is 18.2 Å². The first-order valence-corrected chi connectivity index (χ1v) is 10.6. The van der Waals surface area contributed by atoms with Crippen LogP contribution in [0.15, 0.2) is 41.7 Å². The van der Waals surface area contributed by atoms with E-state index in [2.05, 4.69) is 41.5 Å². The molecule has 32 heavy (non-hydrogen) atoms. The van der Waals surface area contributed by atoms with Gasteiger partial charge >= 0.3 is 0 Å². The fourth-order valence-electron chi connectivity index (χ4n) is 3.54. The number of benzene rings is 1. The number of aromatic nitrogens is 2. The summed E-state index contributed by atoms with van der Waals surface area (Å²) in [5.74, 6) is 3.13. The molecule has 2 heterocycles. The number of hydrogen-bond donors (Lipinski definition) is 2. The highest BCUT2D eigenvalue weighted by Gasteiger charge is 2.18. The average molecular weight is 555 g/mol. The standard InChI is InChI=1S/C22H33N7O2.HI/c1-23-21(24-10-7-18-5-6-19(30-2)20(17-18)31-3)25-11-12-28-13-15-29(16-14-28)22-26-8-4-9-27-22;/h4-6,8-9,17H,7,10-16H2,1-3H3,(H2,23,24,25);1H. The van der Waals surface area contributed by atoms with Gasteiger partial charge in [-0.3, -0.25) is 9.89 Å². The SMILES string of the molecule is CN=C(NCCc1ccc(OC)c(OC)c1)NCCN1CCN(c2ncccn2)CC1.I. The quantitative estimate of drug-likeness (QED) is 0.275. The van der Waals surface area contributed by atoms with Crippen LogP contribution in [-0.2, 0) is 6.42 Å². The fourth-order valence-corrected chi connectivity index (χ4v) is 3.54. The molecule has 1 fully saturated rings. The summed E-state index contributed by atoms with van der Waals surface area (Å²) in [5, 5.41) is 6.77. The highest BCUT2D eigenvalue weighted by molar-refractivity contribution is 14.0. The molecule has 0 unspecified atom stereocenters. The second-order valence-corrected chi connectivity index (χ2v) is 7.24. The van der Waals surface area contributed by atoms with Gasteiger partial charge in [0.2, 0.25) is 5.95 Å². The molecule has 1 aliphatic rings. The normalized spacial score (nSPS) is 14.5. The zero-order valence-corrected chi connectivity index (χ0v) is 21.4. The van der Waals surface area contributed by atoms with Gasteiger partial charge in [-0.1, -0.05) is 6.07 Å². The van der Waals surface area contributed by atoms with E-state index in [1.165, 1.54) is 5.56 Å². The molecule has 176 valence electrons. The molecule has 0 bridgehead atoms. The van der Waals surface area contributed by atoms with Crippen molar-refractivity contribution in [2.45, 2.75) is 6.42 Å². The molecule has 2 aromatic rings. The monoisotopic (exact) mass is 555 g/mol. The molecule has 10 heteroatoms. The summed E-state index contributed by atoms with van der Waals surface area (Å²) in [4.78, 5) is 17.7. The molecule has 9 nitrogen and oxygen atoms in total. The second-order valence-electron chi connectivity index (χ2n) is 7.24. The molecule has 1 aromatic heterocycles. The van der Waals surface area contributed by atoms with Crippen molar-refractivity contribution in [3.63, 3.8) is 0 Å². The summed E-state index contributed by atoms with van der Waals surface area (Å²) < 4.78 is 10.7. The van der Waals surface area contributed by atoms with Crippen molar-refractivity contribution < 1.29 is 9.47 Å². The second kappa shape index (κ2) is 13.9. The van der Waals surface area contributed by atoms with Crippen LogP contribution in [0.3, 0.4) is 0 Å². The van der Waals surface area contributed by atoms with Gasteiger partial charge in [0, 0.05) is 65.3 Å². The van der Waals surface area contributed by atoms with Crippen LogP contribution in [0.2, 0.25) is 0 Å². The lowest BCUT2D eigenvalue weighted by Gasteiger charge is -2.34. The van der Waals surface area contributed by atoms with Crippen molar-refractivity contribution >= 4 is 35.9 Å². The Morgan fingerprint density at radius 3 is 2.34 bits per heavy atom. The number of nitrogens with zero attached hydrogens (tertiary/aromatic N) is 5. The van der Waals surface area contributed by atoms with Crippen molar-refractivity contribution in [3.05, 3.63) is 42.2 Å². The van der Waals surface area contributed by atoms with Crippen molar-refractivity contribution in [1.29, 1.82) is 0 Å². The molecular formula is C22H34IN7O2. The lowest BCUT2D eigenvalue weighted by Crippen LogP contribution is -2.49. The van der Waals surface area contributed by atoms with Crippen molar-refractivity contribution in [2.75, 3.05) is 72.0 Å². The number of nitrogens with one attached hydrogen (secondary N) is 2. The third-order valence-corrected chi connectivity index (χ3v) is 5.31. The largest absolute Gasteiger partial charge is 0.493 e. The molecule has 0 radical (unpaired) electrons. The number of methoxy groups -OCH3 is 2. The molecule has 0 spiro atoms. The van der Waals surface area contributed by atoms with Crippen LogP contribution in [0, 0.1) is 0 Å². The maximum Gasteiger partial charge on any atom is 0.225 e. The van der Waals surface area contributed by atoms with E-state index in [0.29, 0.717) is 0 Å². The van der Waals surface area contributed by atoms with E-state index in [9.17, 15) is 0 Å². The maximum atomic E-state index is 5.37. The summed E-state index contributed by atoms with van der Waals surface area (Å²) in [6.07, 6.45) is 4.45. The average Bonchev–Trinajstić information content (AvgIpc) is 2.84. The molecular weight excluding hydrogens is 521 g/mol. The van der Waals surface area contributed by atoms with Gasteiger partial charge in [0.05, 0.1) is 14.2 Å². The van der Waals surface area contributed by atoms with E-state index in [-0.39, 0.29) is 24.0 Å². The van der Waals surface area contributed by atoms with Crippen LogP contribution in [0.1, 0.15) is 5.56 Å². The minimum absolute atomic E-state index is 0. The Hall–Kier alpha value is -2.34. The maximum absolute atomic E-state index is 5.37. The first-order valence-electron chi connectivity index (χ1n) is 10.6. The number of aliphatic imine (C=N–C) groups is 1. The van der Waals surface area contributed by atoms with E-state index in [0.717, 1.165) is 75.6 Å². The van der Waals surface area contributed by atoms with Gasteiger partial charge in [-0.05, 0) is 30.2 Å². The molecule has 1 saturated heterocycles. The Morgan fingerprint density at radius 2 is 1.69 bits per heavy atom. The Morgan fingerprint density at radius 1 is 1.00 bits per heavy atom. The first kappa shape index (κ1) is 25.9. The van der Waals surface area contributed by atoms with E-state index < -0.39 is 0 Å². The van der Waals surface area contributed by atoms with Gasteiger partial charge in [0.15, 0.2) is 17.5 Å². The predicted octanol–water partition coefficient (Wildman–Crippen LogP) is 1.64. The van der Waals surface area contributed by atoms with Gasteiger partial charge in [-0.25, -0.2) is 9.97 Å². The predicted molar refractivity (Wildman–Crippen MR) is 139 cm³/mol. The lowest BCUT2D eigenvalue weighted by atomic mass is 10.1. The van der Waals surface area contributed by atoms with Gasteiger partial charge in [-0.2, -0.15) is 0 Å². The number of piperazine rings is 1. The van der Waals surface area contributed by atoms with Crippen LogP contribution < -0.4 is 25.0 Å². The Bertz CT molecular complexity index is 830. The number of hydrogen-bond acceptors (Lipinski definition) is 7. The summed E-state index contributed by atoms with van der Waals surface area (Å²) >= 11 is 0. The van der Waals surface area contributed by atoms with E-state index in [1.54, 1.807) is 33.7 Å². The minimum Gasteiger partial charge on any atom is -0.493 e. The fraction of sp³-hybridized carbons (Fsp3) is 0.500. The number of anilines is 1. The lowest BCUT2D eigenvalue weighted by molar-refractivity contribution is 0.260. The van der Waals surface area contributed by atoms with Crippen LogP contribution in [0.4, 0.5) is 5.95 Å². The van der Waals surface area contributed by atoms with Gasteiger partial charge in [-0.15, -0.1) is 24.0 Å². The molecule has 1 aromatic carbocycles. The molecule has 0 saturated carbocycles. The van der Waals surface area contributed by atoms with Crippen LogP contribution >= 0.6 is 24.0 Å². The Balaban J connectivity index is 0.00000363. The Kier molecular flexibility index (Phi) is 11.3. The summed E-state index contributed by atoms with van der Waals surface area (Å²) in [5.41, 5.74) is 1.18. The summed E-state index contributed by atoms with van der Waals surface area (Å²) in [6.45, 7) is 6.50. The first-order chi connectivity index (χ1) is 15.2. The van der Waals surface area contributed by atoms with Crippen LogP contribution in [-0.4, -0.2) is 87.9 Å². The zero-order valence-electron chi connectivity index (χ0n) is 19.1. The summed E-state index contributed by atoms with van der Waals surface area (Å²) in [6, 6.07) is 7.85. The minimum atomic E-state index is 0. The topological polar surface area (TPSA) is 87.1 Å². The molecule has 0 aliphatic carbocycles. The number of rotatable bonds is 9. The Labute approximate surface area is 207 Å². The summed E-state index contributed by atoms with van der Waals surface area (Å²) in [7, 11) is 5.09. The molecule has 2 N–H and O–H groups in total. The van der Waals surface area contributed by atoms with Crippen molar-refractivity contribution in [2.24, 2.45) is 4.99 Å². The third-order valence-electron chi connectivity index (χ3n) is 5.31. The van der Waals surface area contributed by atoms with E-state index >= 15 is 0 Å². The van der Waals surface area contributed by atoms with E-state index in [4.69, 9.17) is 9.47 Å². The van der Waals surface area contributed by atoms with Gasteiger partial charge in [0.25, 0.3) is 0 Å². The van der Waals surface area contributed by atoms with Crippen molar-refractivity contribution in [3.8, 4) is 11.5 Å². The zero-order chi connectivity index (χ0) is 21.9. The highest BCUT2D eigenvalue weighted by atomic mass is 127. The molecule has 0 amide bonds. The van der Waals surface area contributed by atoms with Crippen LogP contribution in [0.5, 0.6) is 11.5 Å². The highest BCUT2D eigenvalue weighted by Crippen LogP contribution is 2.27. The molecule has 1 aliphatic heterocycles. The molecule has 0 atom stereocenters. The number of ether oxygens (including phenoxy) is 2. The molecule has 3 rings (SSSR count). The van der Waals surface area contributed by atoms with Crippen molar-refractivity contribution in [1.82, 2.24) is 25.5 Å². The number of guanidine groups is 1. The van der Waals surface area contributed by atoms with Crippen LogP contribution in [0.25, 0.3) is 0 Å². The smallest absolute Gasteiger partial charge is 0.225 e.